The zero-order valence-corrected chi connectivity index (χ0v) is 16.6. The molecule has 0 aliphatic rings. The fourth-order valence-electron chi connectivity index (χ4n) is 2.52. The van der Waals surface area contributed by atoms with Crippen molar-refractivity contribution in [3.05, 3.63) is 66.0 Å². The average Bonchev–Trinajstić information content (AvgIpc) is 3.29. The molecule has 30 heavy (non-hydrogen) atoms. The Hall–Kier alpha value is -3.93. The number of allylic oxidation sites excluding steroid dienone is 3. The number of rotatable bonds is 7. The number of anilines is 1. The third kappa shape index (κ3) is 4.38. The number of aromatic amines is 1. The lowest BCUT2D eigenvalue weighted by atomic mass is 10.4. The number of nitro groups is 1. The van der Waals surface area contributed by atoms with Crippen LogP contribution < -0.4 is 16.7 Å². The molecule has 2 N–H and O–H groups in total. The summed E-state index contributed by atoms with van der Waals surface area (Å²) in [6, 6.07) is 2.69. The second-order valence-electron chi connectivity index (χ2n) is 6.01. The Morgan fingerprint density at radius 1 is 1.47 bits per heavy atom. The normalized spacial score (nSPS) is 12.4. The SMILES string of the molecule is CC(Cl)=CCn1c(NN=CC=Cc2ccc([N+](=O)[O-])o2)nc2c1c(=O)[nH]c(=O)n2C. The van der Waals surface area contributed by atoms with E-state index in [0.717, 1.165) is 0 Å². The van der Waals surface area contributed by atoms with Crippen LogP contribution in [0, 0.1) is 10.1 Å². The van der Waals surface area contributed by atoms with Crippen molar-refractivity contribution in [3.63, 3.8) is 0 Å². The number of nitrogens with one attached hydrogen (secondary N) is 2. The molecule has 0 aromatic carbocycles. The first-order valence-corrected chi connectivity index (χ1v) is 8.87. The minimum absolute atomic E-state index is 0.181. The molecular weight excluding hydrogens is 418 g/mol. The first-order chi connectivity index (χ1) is 14.3. The van der Waals surface area contributed by atoms with Crippen LogP contribution in [0.5, 0.6) is 0 Å². The van der Waals surface area contributed by atoms with Gasteiger partial charge < -0.3 is 4.42 Å². The van der Waals surface area contributed by atoms with Gasteiger partial charge in [-0.2, -0.15) is 10.1 Å². The molecule has 0 fully saturated rings. The molecule has 3 aromatic rings. The summed E-state index contributed by atoms with van der Waals surface area (Å²) in [7, 11) is 1.49. The van der Waals surface area contributed by atoms with Gasteiger partial charge in [-0.05, 0) is 25.1 Å². The summed E-state index contributed by atoms with van der Waals surface area (Å²) in [6.07, 6.45) is 6.01. The maximum absolute atomic E-state index is 12.3. The fraction of sp³-hybridized carbons (Fsp3) is 0.176. The molecule has 3 heterocycles. The maximum Gasteiger partial charge on any atom is 0.433 e. The number of hydrogen-bond donors (Lipinski definition) is 2. The number of hydrazone groups is 1. The van der Waals surface area contributed by atoms with Gasteiger partial charge in [0, 0.05) is 24.8 Å². The molecule has 3 aromatic heterocycles. The Bertz CT molecular complexity index is 1300. The second kappa shape index (κ2) is 8.61. The van der Waals surface area contributed by atoms with Gasteiger partial charge in [-0.15, -0.1) is 0 Å². The predicted molar refractivity (Wildman–Crippen MR) is 112 cm³/mol. The molecule has 0 aliphatic heterocycles. The number of aryl methyl sites for hydroxylation is 1. The highest BCUT2D eigenvalue weighted by Crippen LogP contribution is 2.17. The van der Waals surface area contributed by atoms with E-state index in [1.54, 1.807) is 13.0 Å². The van der Waals surface area contributed by atoms with Gasteiger partial charge in [-0.25, -0.2) is 10.2 Å². The summed E-state index contributed by atoms with van der Waals surface area (Å²) in [5.74, 6) is 0.130. The highest BCUT2D eigenvalue weighted by molar-refractivity contribution is 6.29. The zero-order valence-electron chi connectivity index (χ0n) is 15.8. The number of fused-ring (bicyclic) bond motifs is 1. The van der Waals surface area contributed by atoms with Crippen LogP contribution in [0.1, 0.15) is 12.7 Å². The first kappa shape index (κ1) is 20.8. The lowest BCUT2D eigenvalue weighted by Crippen LogP contribution is -2.29. The fourth-order valence-corrected chi connectivity index (χ4v) is 2.59. The van der Waals surface area contributed by atoms with E-state index in [2.05, 4.69) is 20.5 Å². The molecule has 0 aliphatic carbocycles. The van der Waals surface area contributed by atoms with E-state index in [4.69, 9.17) is 16.0 Å². The number of furan rings is 1. The van der Waals surface area contributed by atoms with Gasteiger partial charge in [0.25, 0.3) is 5.56 Å². The van der Waals surface area contributed by atoms with Crippen molar-refractivity contribution in [3.8, 4) is 0 Å². The molecule has 0 amide bonds. The number of hydrogen-bond acceptors (Lipinski definition) is 8. The monoisotopic (exact) mass is 433 g/mol. The summed E-state index contributed by atoms with van der Waals surface area (Å²) in [5.41, 5.74) is 1.89. The van der Waals surface area contributed by atoms with E-state index in [1.807, 2.05) is 0 Å². The van der Waals surface area contributed by atoms with Crippen molar-refractivity contribution in [1.29, 1.82) is 0 Å². The van der Waals surface area contributed by atoms with Crippen molar-refractivity contribution >= 4 is 46.9 Å². The predicted octanol–water partition coefficient (Wildman–Crippen LogP) is 2.18. The molecular formula is C17H16ClN7O5. The van der Waals surface area contributed by atoms with Crippen LogP contribution in [0.4, 0.5) is 11.8 Å². The molecule has 156 valence electrons. The molecule has 0 radical (unpaired) electrons. The summed E-state index contributed by atoms with van der Waals surface area (Å²) in [5, 5.41) is 15.1. The number of nitrogens with zero attached hydrogens (tertiary/aromatic N) is 5. The summed E-state index contributed by atoms with van der Waals surface area (Å²) in [4.78, 5) is 40.6. The van der Waals surface area contributed by atoms with E-state index in [0.29, 0.717) is 5.03 Å². The van der Waals surface area contributed by atoms with Gasteiger partial charge in [0.15, 0.2) is 11.2 Å². The van der Waals surface area contributed by atoms with Crippen LogP contribution in [0.3, 0.4) is 0 Å². The van der Waals surface area contributed by atoms with Gasteiger partial charge in [0.05, 0.1) is 6.07 Å². The minimum atomic E-state index is -0.635. The average molecular weight is 434 g/mol. The topological polar surface area (TPSA) is 153 Å². The summed E-state index contributed by atoms with van der Waals surface area (Å²) in [6.45, 7) is 1.91. The van der Waals surface area contributed by atoms with Crippen molar-refractivity contribution < 1.29 is 9.34 Å². The minimum Gasteiger partial charge on any atom is -0.401 e. The Kier molecular flexibility index (Phi) is 5.97. The van der Waals surface area contributed by atoms with Crippen molar-refractivity contribution in [2.75, 3.05) is 5.43 Å². The van der Waals surface area contributed by atoms with E-state index in [9.17, 15) is 19.7 Å². The molecule has 0 spiro atoms. The Morgan fingerprint density at radius 3 is 2.90 bits per heavy atom. The second-order valence-corrected chi connectivity index (χ2v) is 6.61. The quantitative estimate of drug-likeness (QED) is 0.329. The van der Waals surface area contributed by atoms with Crippen molar-refractivity contribution in [1.82, 2.24) is 19.1 Å². The smallest absolute Gasteiger partial charge is 0.401 e. The zero-order chi connectivity index (χ0) is 21.8. The van der Waals surface area contributed by atoms with Crippen LogP contribution in [-0.2, 0) is 13.6 Å². The molecule has 13 heteroatoms. The molecule has 3 rings (SSSR count). The highest BCUT2D eigenvalue weighted by Gasteiger charge is 2.16. The van der Waals surface area contributed by atoms with Gasteiger partial charge in [-0.1, -0.05) is 17.7 Å². The van der Waals surface area contributed by atoms with Crippen LogP contribution in [0.15, 0.2) is 48.4 Å². The molecule has 0 saturated carbocycles. The molecule has 0 bridgehead atoms. The maximum atomic E-state index is 12.3. The standard InChI is InChI=1S/C17H16ClN7O5/c1-10(18)7-9-24-13-14(23(2)17(27)21-15(13)26)20-16(24)22-19-8-3-4-11-5-6-12(30-11)25(28)29/h3-8H,9H2,1-2H3,(H,20,22)(H,21,26,27). The Labute approximate surface area is 172 Å². The van der Waals surface area contributed by atoms with Crippen LogP contribution in [0.2, 0.25) is 0 Å². The molecule has 0 unspecified atom stereocenters. The number of halogens is 1. The number of imidazole rings is 1. The molecule has 0 saturated heterocycles. The third-order valence-electron chi connectivity index (χ3n) is 3.94. The largest absolute Gasteiger partial charge is 0.433 e. The Balaban J connectivity index is 1.88. The Morgan fingerprint density at radius 2 is 2.23 bits per heavy atom. The van der Waals surface area contributed by atoms with Crippen molar-refractivity contribution in [2.45, 2.75) is 13.5 Å². The number of aromatic nitrogens is 4. The lowest BCUT2D eigenvalue weighted by molar-refractivity contribution is -0.402. The van der Waals surface area contributed by atoms with Crippen molar-refractivity contribution in [2.24, 2.45) is 12.1 Å². The van der Waals surface area contributed by atoms with Gasteiger partial charge >= 0.3 is 11.6 Å². The van der Waals surface area contributed by atoms with Crippen LogP contribution in [-0.4, -0.2) is 30.2 Å². The van der Waals surface area contributed by atoms with Crippen LogP contribution in [0.25, 0.3) is 17.2 Å². The third-order valence-corrected chi connectivity index (χ3v) is 4.09. The molecule has 12 nitrogen and oxygen atoms in total. The van der Waals surface area contributed by atoms with Gasteiger partial charge in [-0.3, -0.25) is 29.0 Å². The highest BCUT2D eigenvalue weighted by atomic mass is 35.5. The van der Waals surface area contributed by atoms with Gasteiger partial charge in [0.2, 0.25) is 5.95 Å². The van der Waals surface area contributed by atoms with E-state index < -0.39 is 16.2 Å². The summed E-state index contributed by atoms with van der Waals surface area (Å²) >= 11 is 5.90. The van der Waals surface area contributed by atoms with Gasteiger partial charge in [0.1, 0.15) is 10.7 Å². The van der Waals surface area contributed by atoms with E-state index >= 15 is 0 Å². The van der Waals surface area contributed by atoms with Crippen LogP contribution >= 0.6 is 11.6 Å². The first-order valence-electron chi connectivity index (χ1n) is 8.49. The number of H-pyrrole nitrogens is 1. The summed E-state index contributed by atoms with van der Waals surface area (Å²) < 4.78 is 7.72. The van der Waals surface area contributed by atoms with E-state index in [1.165, 1.54) is 46.7 Å². The molecule has 0 atom stereocenters. The van der Waals surface area contributed by atoms with E-state index in [-0.39, 0.29) is 35.3 Å². The lowest BCUT2D eigenvalue weighted by Gasteiger charge is -2.05.